The third kappa shape index (κ3) is 3.76. The van der Waals surface area contributed by atoms with Crippen molar-refractivity contribution in [3.63, 3.8) is 0 Å². The highest BCUT2D eigenvalue weighted by Crippen LogP contribution is 2.01. The Kier molecular flexibility index (Phi) is 5.22. The Morgan fingerprint density at radius 3 is 2.75 bits per heavy atom. The van der Waals surface area contributed by atoms with Crippen LogP contribution < -0.4 is 10.9 Å². The minimum atomic E-state index is 0.0292. The second-order valence-corrected chi connectivity index (χ2v) is 5.20. The SMILES string of the molecule is CC(C)C(C)NCCn1cccc(Br)c1=O. The van der Waals surface area contributed by atoms with Crippen LogP contribution in [-0.4, -0.2) is 17.2 Å². The predicted octanol–water partition coefficient (Wildman–Crippen LogP) is 2.24. The largest absolute Gasteiger partial charge is 0.313 e. The molecule has 0 aliphatic rings. The summed E-state index contributed by atoms with van der Waals surface area (Å²) >= 11 is 3.24. The van der Waals surface area contributed by atoms with E-state index in [0.29, 0.717) is 23.0 Å². The first kappa shape index (κ1) is 13.5. The molecule has 1 unspecified atom stereocenters. The number of nitrogens with one attached hydrogen (secondary N) is 1. The van der Waals surface area contributed by atoms with Crippen LogP contribution in [0.4, 0.5) is 0 Å². The number of nitrogens with zero attached hydrogens (tertiary/aromatic N) is 1. The molecule has 0 saturated carbocycles. The molecule has 1 heterocycles. The summed E-state index contributed by atoms with van der Waals surface area (Å²) in [5.41, 5.74) is 0.0292. The van der Waals surface area contributed by atoms with Gasteiger partial charge in [0.25, 0.3) is 5.56 Å². The summed E-state index contributed by atoms with van der Waals surface area (Å²) in [7, 11) is 0. The van der Waals surface area contributed by atoms with E-state index >= 15 is 0 Å². The Labute approximate surface area is 105 Å². The zero-order chi connectivity index (χ0) is 12.1. The van der Waals surface area contributed by atoms with Crippen molar-refractivity contribution >= 4 is 15.9 Å². The number of rotatable bonds is 5. The number of pyridine rings is 1. The van der Waals surface area contributed by atoms with Gasteiger partial charge in [0.15, 0.2) is 0 Å². The molecule has 3 nitrogen and oxygen atoms in total. The van der Waals surface area contributed by atoms with Gasteiger partial charge in [0, 0.05) is 25.3 Å². The second kappa shape index (κ2) is 6.21. The summed E-state index contributed by atoms with van der Waals surface area (Å²) in [4.78, 5) is 11.7. The van der Waals surface area contributed by atoms with Crippen LogP contribution in [0.15, 0.2) is 27.6 Å². The Hall–Kier alpha value is -0.610. The monoisotopic (exact) mass is 286 g/mol. The van der Waals surface area contributed by atoms with E-state index in [2.05, 4.69) is 42.0 Å². The fraction of sp³-hybridized carbons (Fsp3) is 0.583. The molecular formula is C12H19BrN2O. The summed E-state index contributed by atoms with van der Waals surface area (Å²) < 4.78 is 2.33. The molecule has 0 aromatic carbocycles. The van der Waals surface area contributed by atoms with Crippen molar-refractivity contribution in [2.45, 2.75) is 33.4 Å². The third-order valence-electron chi connectivity index (χ3n) is 2.79. The van der Waals surface area contributed by atoms with Crippen molar-refractivity contribution in [3.8, 4) is 0 Å². The van der Waals surface area contributed by atoms with E-state index in [0.717, 1.165) is 6.54 Å². The molecule has 1 atom stereocenters. The van der Waals surface area contributed by atoms with E-state index in [9.17, 15) is 4.79 Å². The van der Waals surface area contributed by atoms with Crippen molar-refractivity contribution in [3.05, 3.63) is 33.2 Å². The highest BCUT2D eigenvalue weighted by atomic mass is 79.9. The smallest absolute Gasteiger partial charge is 0.264 e. The molecule has 4 heteroatoms. The topological polar surface area (TPSA) is 34.0 Å². The predicted molar refractivity (Wildman–Crippen MR) is 70.7 cm³/mol. The van der Waals surface area contributed by atoms with Gasteiger partial charge in [-0.25, -0.2) is 0 Å². The molecule has 1 aromatic heterocycles. The lowest BCUT2D eigenvalue weighted by Gasteiger charge is -2.17. The van der Waals surface area contributed by atoms with Crippen LogP contribution in [0.25, 0.3) is 0 Å². The van der Waals surface area contributed by atoms with Gasteiger partial charge in [-0.05, 0) is 40.9 Å². The molecule has 1 N–H and O–H groups in total. The van der Waals surface area contributed by atoms with E-state index in [1.165, 1.54) is 0 Å². The fourth-order valence-corrected chi connectivity index (χ4v) is 1.71. The van der Waals surface area contributed by atoms with Crippen molar-refractivity contribution in [1.82, 2.24) is 9.88 Å². The van der Waals surface area contributed by atoms with Gasteiger partial charge in [-0.2, -0.15) is 0 Å². The van der Waals surface area contributed by atoms with E-state index in [1.807, 2.05) is 12.3 Å². The lowest BCUT2D eigenvalue weighted by atomic mass is 10.1. The summed E-state index contributed by atoms with van der Waals surface area (Å²) in [6.45, 7) is 8.05. The van der Waals surface area contributed by atoms with Gasteiger partial charge in [0.05, 0.1) is 4.47 Å². The maximum atomic E-state index is 11.7. The Morgan fingerprint density at radius 1 is 1.44 bits per heavy atom. The maximum absolute atomic E-state index is 11.7. The normalized spacial score (nSPS) is 13.1. The van der Waals surface area contributed by atoms with E-state index in [4.69, 9.17) is 0 Å². The van der Waals surface area contributed by atoms with Gasteiger partial charge in [-0.15, -0.1) is 0 Å². The number of aromatic nitrogens is 1. The quantitative estimate of drug-likeness (QED) is 0.901. The second-order valence-electron chi connectivity index (χ2n) is 4.34. The molecule has 1 aromatic rings. The highest BCUT2D eigenvalue weighted by molar-refractivity contribution is 9.10. The first-order chi connectivity index (χ1) is 7.52. The standard InChI is InChI=1S/C12H19BrN2O/c1-9(2)10(3)14-6-8-15-7-4-5-11(13)12(15)16/h4-5,7,9-10,14H,6,8H2,1-3H3. The molecule has 0 aliphatic heterocycles. The summed E-state index contributed by atoms with van der Waals surface area (Å²) in [5, 5.41) is 3.40. The molecule has 0 aliphatic carbocycles. The minimum Gasteiger partial charge on any atom is -0.313 e. The molecule has 90 valence electrons. The van der Waals surface area contributed by atoms with Crippen LogP contribution in [0.3, 0.4) is 0 Å². The molecule has 0 spiro atoms. The zero-order valence-corrected chi connectivity index (χ0v) is 11.6. The lowest BCUT2D eigenvalue weighted by Crippen LogP contribution is -2.35. The average molecular weight is 287 g/mol. The number of hydrogen-bond acceptors (Lipinski definition) is 2. The molecule has 0 bridgehead atoms. The Morgan fingerprint density at radius 2 is 2.12 bits per heavy atom. The first-order valence-electron chi connectivity index (χ1n) is 5.60. The molecule has 16 heavy (non-hydrogen) atoms. The highest BCUT2D eigenvalue weighted by Gasteiger charge is 2.05. The Balaban J connectivity index is 2.50. The van der Waals surface area contributed by atoms with Gasteiger partial charge < -0.3 is 9.88 Å². The molecule has 0 fully saturated rings. The van der Waals surface area contributed by atoms with E-state index < -0.39 is 0 Å². The summed E-state index contributed by atoms with van der Waals surface area (Å²) in [5.74, 6) is 0.610. The molecule has 0 radical (unpaired) electrons. The average Bonchev–Trinajstić information content (AvgIpc) is 2.24. The summed E-state index contributed by atoms with van der Waals surface area (Å²) in [6, 6.07) is 4.11. The van der Waals surface area contributed by atoms with Gasteiger partial charge in [0.2, 0.25) is 0 Å². The van der Waals surface area contributed by atoms with Crippen molar-refractivity contribution in [1.29, 1.82) is 0 Å². The van der Waals surface area contributed by atoms with Gasteiger partial charge in [-0.3, -0.25) is 4.79 Å². The minimum absolute atomic E-state index is 0.0292. The fourth-order valence-electron chi connectivity index (χ4n) is 1.33. The van der Waals surface area contributed by atoms with Crippen LogP contribution in [-0.2, 0) is 6.54 Å². The number of hydrogen-bond donors (Lipinski definition) is 1. The van der Waals surface area contributed by atoms with Crippen molar-refractivity contribution in [2.24, 2.45) is 5.92 Å². The van der Waals surface area contributed by atoms with E-state index in [1.54, 1.807) is 10.6 Å². The van der Waals surface area contributed by atoms with Crippen LogP contribution in [0, 0.1) is 5.92 Å². The molecule has 0 saturated heterocycles. The zero-order valence-electron chi connectivity index (χ0n) is 10.0. The van der Waals surface area contributed by atoms with Gasteiger partial charge in [-0.1, -0.05) is 13.8 Å². The Bertz CT molecular complexity index is 387. The van der Waals surface area contributed by atoms with Gasteiger partial charge in [0.1, 0.15) is 0 Å². The first-order valence-corrected chi connectivity index (χ1v) is 6.40. The molecular weight excluding hydrogens is 268 g/mol. The van der Waals surface area contributed by atoms with Crippen molar-refractivity contribution < 1.29 is 0 Å². The molecule has 1 rings (SSSR count). The van der Waals surface area contributed by atoms with Crippen LogP contribution in [0.1, 0.15) is 20.8 Å². The number of halogens is 1. The van der Waals surface area contributed by atoms with Crippen LogP contribution in [0.5, 0.6) is 0 Å². The lowest BCUT2D eigenvalue weighted by molar-refractivity contribution is 0.415. The van der Waals surface area contributed by atoms with Gasteiger partial charge >= 0.3 is 0 Å². The van der Waals surface area contributed by atoms with Crippen molar-refractivity contribution in [2.75, 3.05) is 6.54 Å². The van der Waals surface area contributed by atoms with Crippen LogP contribution >= 0.6 is 15.9 Å². The van der Waals surface area contributed by atoms with Crippen LogP contribution in [0.2, 0.25) is 0 Å². The third-order valence-corrected chi connectivity index (χ3v) is 3.40. The summed E-state index contributed by atoms with van der Waals surface area (Å²) in [6.07, 6.45) is 1.81. The molecule has 0 amide bonds. The van der Waals surface area contributed by atoms with E-state index in [-0.39, 0.29) is 5.56 Å². The maximum Gasteiger partial charge on any atom is 0.264 e.